The third-order valence-electron chi connectivity index (χ3n) is 6.54. The number of nitrogens with zero attached hydrogens (tertiary/aromatic N) is 2. The van der Waals surface area contributed by atoms with Gasteiger partial charge in [-0.2, -0.15) is 0 Å². The number of piperidine rings is 1. The molecule has 0 spiro atoms. The number of ether oxygens (including phenoxy) is 1. The van der Waals surface area contributed by atoms with Gasteiger partial charge in [-0.3, -0.25) is 4.90 Å². The molecule has 1 aliphatic carbocycles. The van der Waals surface area contributed by atoms with Gasteiger partial charge in [-0.05, 0) is 55.5 Å². The van der Waals surface area contributed by atoms with Gasteiger partial charge in [0, 0.05) is 36.1 Å². The zero-order valence-electron chi connectivity index (χ0n) is 17.1. The second kappa shape index (κ2) is 8.13. The number of methoxy groups -OCH3 is 1. The molecule has 1 N–H and O–H groups in total. The fraction of sp³-hybridized carbons (Fsp3) is 0.400. The van der Waals surface area contributed by atoms with Crippen molar-refractivity contribution in [3.05, 3.63) is 71.3 Å². The maximum absolute atomic E-state index is 5.57. The molecule has 29 heavy (non-hydrogen) atoms. The van der Waals surface area contributed by atoms with Gasteiger partial charge in [-0.15, -0.1) is 0 Å². The lowest BCUT2D eigenvalue weighted by molar-refractivity contribution is 0.140. The van der Waals surface area contributed by atoms with Gasteiger partial charge in [0.1, 0.15) is 0 Å². The molecule has 1 aromatic heterocycles. The highest BCUT2D eigenvalue weighted by Crippen LogP contribution is 2.28. The van der Waals surface area contributed by atoms with Crippen LogP contribution in [0.25, 0.3) is 10.9 Å². The van der Waals surface area contributed by atoms with Crippen LogP contribution in [0.5, 0.6) is 5.88 Å². The summed E-state index contributed by atoms with van der Waals surface area (Å²) in [7, 11) is 1.71. The average Bonchev–Trinajstić information content (AvgIpc) is 3.21. The Morgan fingerprint density at radius 3 is 2.62 bits per heavy atom. The number of hydrogen-bond acceptors (Lipinski definition) is 4. The number of pyridine rings is 1. The van der Waals surface area contributed by atoms with Crippen molar-refractivity contribution in [1.29, 1.82) is 0 Å². The summed E-state index contributed by atoms with van der Waals surface area (Å²) in [6, 6.07) is 20.6. The molecule has 1 saturated heterocycles. The summed E-state index contributed by atoms with van der Waals surface area (Å²) in [5.74, 6) is 0.732. The first-order valence-corrected chi connectivity index (χ1v) is 10.8. The zero-order valence-corrected chi connectivity index (χ0v) is 17.1. The molecule has 3 aromatic rings. The molecule has 1 atom stereocenters. The van der Waals surface area contributed by atoms with Gasteiger partial charge in [0.2, 0.25) is 5.88 Å². The second-order valence-corrected chi connectivity index (χ2v) is 8.40. The first-order valence-electron chi connectivity index (χ1n) is 10.8. The van der Waals surface area contributed by atoms with Crippen molar-refractivity contribution >= 4 is 10.9 Å². The summed E-state index contributed by atoms with van der Waals surface area (Å²) >= 11 is 0. The van der Waals surface area contributed by atoms with Crippen LogP contribution in [0.2, 0.25) is 0 Å². The molecule has 2 aliphatic rings. The molecule has 2 heterocycles. The largest absolute Gasteiger partial charge is 0.481 e. The molecule has 0 radical (unpaired) electrons. The number of likely N-dealkylation sites (tertiary alicyclic amines) is 1. The number of fused-ring (bicyclic) bond motifs is 2. The number of para-hydroxylation sites is 1. The maximum atomic E-state index is 5.57. The lowest BCUT2D eigenvalue weighted by Crippen LogP contribution is -2.49. The Balaban J connectivity index is 1.24. The van der Waals surface area contributed by atoms with E-state index >= 15 is 0 Å². The Bertz CT molecular complexity index is 977. The summed E-state index contributed by atoms with van der Waals surface area (Å²) in [5.41, 5.74) is 5.20. The quantitative estimate of drug-likeness (QED) is 0.719. The summed E-state index contributed by atoms with van der Waals surface area (Å²) in [5, 5.41) is 4.96. The van der Waals surface area contributed by atoms with Crippen LogP contribution in [0.15, 0.2) is 54.6 Å². The van der Waals surface area contributed by atoms with Crippen LogP contribution in [0, 0.1) is 0 Å². The van der Waals surface area contributed by atoms with Gasteiger partial charge in [0.25, 0.3) is 0 Å². The molecule has 0 bridgehead atoms. The lowest BCUT2D eigenvalue weighted by atomic mass is 10.0. The highest BCUT2D eigenvalue weighted by molar-refractivity contribution is 5.80. The number of benzene rings is 2. The Kier molecular flexibility index (Phi) is 5.21. The van der Waals surface area contributed by atoms with E-state index < -0.39 is 0 Å². The van der Waals surface area contributed by atoms with E-state index in [9.17, 15) is 0 Å². The van der Waals surface area contributed by atoms with E-state index in [1.54, 1.807) is 18.2 Å². The molecule has 1 unspecified atom stereocenters. The number of aromatic nitrogens is 1. The summed E-state index contributed by atoms with van der Waals surface area (Å²) in [4.78, 5) is 7.39. The smallest absolute Gasteiger partial charge is 0.218 e. The fourth-order valence-electron chi connectivity index (χ4n) is 5.00. The van der Waals surface area contributed by atoms with Gasteiger partial charge in [-0.1, -0.05) is 42.5 Å². The van der Waals surface area contributed by atoms with Crippen molar-refractivity contribution in [3.63, 3.8) is 0 Å². The number of nitrogens with one attached hydrogen (secondary N) is 1. The third kappa shape index (κ3) is 3.87. The standard InChI is InChI=1S/C25H29N3O/c1-29-25-21(13-20-9-4-5-11-24(20)27-25)16-26-22-10-6-12-28(17-22)23-14-18-7-2-3-8-19(18)15-23/h2-5,7-9,11,13,22-23,26H,6,10,12,14-17H2,1H3. The van der Waals surface area contributed by atoms with Gasteiger partial charge in [0.15, 0.2) is 0 Å². The number of rotatable bonds is 5. The highest BCUT2D eigenvalue weighted by Gasteiger charge is 2.30. The van der Waals surface area contributed by atoms with Crippen molar-refractivity contribution < 1.29 is 4.74 Å². The highest BCUT2D eigenvalue weighted by atomic mass is 16.5. The first kappa shape index (κ1) is 18.6. The minimum Gasteiger partial charge on any atom is -0.481 e. The van der Waals surface area contributed by atoms with Gasteiger partial charge in [0.05, 0.1) is 12.6 Å². The number of hydrogen-bond donors (Lipinski definition) is 1. The predicted molar refractivity (Wildman–Crippen MR) is 117 cm³/mol. The molecule has 0 saturated carbocycles. The van der Waals surface area contributed by atoms with Crippen molar-refractivity contribution in [2.24, 2.45) is 0 Å². The SMILES string of the molecule is COc1nc2ccccc2cc1CNC1CCCN(C2Cc3ccccc3C2)C1. The average molecular weight is 388 g/mol. The van der Waals surface area contributed by atoms with Crippen molar-refractivity contribution in [3.8, 4) is 5.88 Å². The van der Waals surface area contributed by atoms with Crippen LogP contribution >= 0.6 is 0 Å². The molecular formula is C25H29N3O. The first-order chi connectivity index (χ1) is 14.3. The molecular weight excluding hydrogens is 358 g/mol. The fourth-order valence-corrected chi connectivity index (χ4v) is 5.00. The van der Waals surface area contributed by atoms with E-state index in [0.29, 0.717) is 12.1 Å². The normalized spacial score (nSPS) is 20.1. The predicted octanol–water partition coefficient (Wildman–Crippen LogP) is 3.96. The van der Waals surface area contributed by atoms with E-state index in [-0.39, 0.29) is 0 Å². The van der Waals surface area contributed by atoms with Crippen molar-refractivity contribution in [2.45, 2.75) is 44.3 Å². The minimum absolute atomic E-state index is 0.517. The van der Waals surface area contributed by atoms with E-state index in [2.05, 4.69) is 57.7 Å². The molecule has 150 valence electrons. The minimum atomic E-state index is 0.517. The summed E-state index contributed by atoms with van der Waals surface area (Å²) in [6.07, 6.45) is 4.90. The van der Waals surface area contributed by atoms with E-state index in [4.69, 9.17) is 4.74 Å². The topological polar surface area (TPSA) is 37.4 Å². The van der Waals surface area contributed by atoms with Crippen LogP contribution < -0.4 is 10.1 Å². The molecule has 1 aliphatic heterocycles. The van der Waals surface area contributed by atoms with Gasteiger partial charge in [-0.25, -0.2) is 4.98 Å². The molecule has 4 heteroatoms. The molecule has 4 nitrogen and oxygen atoms in total. The van der Waals surface area contributed by atoms with Gasteiger partial charge >= 0.3 is 0 Å². The Hall–Kier alpha value is -2.43. The lowest BCUT2D eigenvalue weighted by Gasteiger charge is -2.37. The van der Waals surface area contributed by atoms with Crippen molar-refractivity contribution in [1.82, 2.24) is 15.2 Å². The molecule has 1 fully saturated rings. The maximum Gasteiger partial charge on any atom is 0.218 e. The van der Waals surface area contributed by atoms with E-state index in [0.717, 1.165) is 30.0 Å². The van der Waals surface area contributed by atoms with Gasteiger partial charge < -0.3 is 10.1 Å². The Morgan fingerprint density at radius 1 is 1.07 bits per heavy atom. The van der Waals surface area contributed by atoms with E-state index in [1.807, 2.05) is 12.1 Å². The summed E-state index contributed by atoms with van der Waals surface area (Å²) < 4.78 is 5.57. The Morgan fingerprint density at radius 2 is 1.83 bits per heavy atom. The van der Waals surface area contributed by atoms with Crippen LogP contribution in [0.3, 0.4) is 0 Å². The third-order valence-corrected chi connectivity index (χ3v) is 6.54. The monoisotopic (exact) mass is 387 g/mol. The van der Waals surface area contributed by atoms with Crippen LogP contribution in [0.1, 0.15) is 29.5 Å². The zero-order chi connectivity index (χ0) is 19.6. The second-order valence-electron chi connectivity index (χ2n) is 8.40. The summed E-state index contributed by atoms with van der Waals surface area (Å²) in [6.45, 7) is 3.14. The van der Waals surface area contributed by atoms with Crippen LogP contribution in [-0.4, -0.2) is 42.2 Å². The van der Waals surface area contributed by atoms with Crippen molar-refractivity contribution in [2.75, 3.05) is 20.2 Å². The molecule has 5 rings (SSSR count). The van der Waals surface area contributed by atoms with Crippen LogP contribution in [0.4, 0.5) is 0 Å². The Labute approximate surface area is 172 Å². The van der Waals surface area contributed by atoms with E-state index in [1.165, 1.54) is 37.6 Å². The van der Waals surface area contributed by atoms with Crippen LogP contribution in [-0.2, 0) is 19.4 Å². The molecule has 2 aromatic carbocycles. The molecule has 0 amide bonds.